The number of carboxylic acids is 1. The van der Waals surface area contributed by atoms with Crippen molar-refractivity contribution in [2.24, 2.45) is 11.8 Å². The molecule has 1 aromatic heterocycles. The molecule has 0 amide bonds. The van der Waals surface area contributed by atoms with E-state index in [9.17, 15) is 4.79 Å². The summed E-state index contributed by atoms with van der Waals surface area (Å²) in [7, 11) is 0. The molecule has 2 fully saturated rings. The van der Waals surface area contributed by atoms with Crippen LogP contribution < -0.4 is 4.90 Å². The van der Waals surface area contributed by atoms with E-state index >= 15 is 0 Å². The van der Waals surface area contributed by atoms with Crippen LogP contribution in [0.4, 0.5) is 5.95 Å². The Kier molecular flexibility index (Phi) is 3.67. The molecule has 0 aliphatic heterocycles. The molecule has 0 bridgehead atoms. The van der Waals surface area contributed by atoms with Crippen molar-refractivity contribution >= 4 is 18.0 Å². The lowest BCUT2D eigenvalue weighted by Crippen LogP contribution is -2.29. The first-order chi connectivity index (χ1) is 9.70. The highest BCUT2D eigenvalue weighted by Crippen LogP contribution is 2.34. The zero-order valence-corrected chi connectivity index (χ0v) is 11.4. The topological polar surface area (TPSA) is 66.3 Å². The van der Waals surface area contributed by atoms with E-state index in [0.29, 0.717) is 5.56 Å². The Bertz CT molecular complexity index is 490. The van der Waals surface area contributed by atoms with Crippen molar-refractivity contribution in [1.29, 1.82) is 0 Å². The summed E-state index contributed by atoms with van der Waals surface area (Å²) in [4.78, 5) is 21.5. The maximum atomic E-state index is 10.5. The van der Waals surface area contributed by atoms with E-state index in [1.54, 1.807) is 12.4 Å². The van der Waals surface area contributed by atoms with Crippen LogP contribution in [-0.2, 0) is 4.79 Å². The SMILES string of the molecule is O=C(O)/C=C/c1cnc(N(CC2CC2)CC2CC2)nc1. The first-order valence-electron chi connectivity index (χ1n) is 7.18. The fourth-order valence-electron chi connectivity index (χ4n) is 2.21. The molecular formula is C15H19N3O2. The lowest BCUT2D eigenvalue weighted by atomic mass is 10.3. The Hall–Kier alpha value is -1.91. The standard InChI is InChI=1S/C15H19N3O2/c19-14(20)6-5-13-7-16-15(17-8-13)18(9-11-1-2-11)10-12-3-4-12/h5-8,11-12H,1-4,9-10H2,(H,19,20)/b6-5+. The van der Waals surface area contributed by atoms with Gasteiger partial charge in [0.25, 0.3) is 0 Å². The maximum absolute atomic E-state index is 10.5. The van der Waals surface area contributed by atoms with Crippen molar-refractivity contribution in [3.05, 3.63) is 24.0 Å². The van der Waals surface area contributed by atoms with Crippen molar-refractivity contribution < 1.29 is 9.90 Å². The fraction of sp³-hybridized carbons (Fsp3) is 0.533. The highest BCUT2D eigenvalue weighted by atomic mass is 16.4. The third-order valence-electron chi connectivity index (χ3n) is 3.71. The number of hydrogen-bond acceptors (Lipinski definition) is 4. The van der Waals surface area contributed by atoms with Gasteiger partial charge in [-0.1, -0.05) is 0 Å². The lowest BCUT2D eigenvalue weighted by Gasteiger charge is -2.22. The molecule has 2 aliphatic carbocycles. The molecule has 0 radical (unpaired) electrons. The predicted molar refractivity (Wildman–Crippen MR) is 76.4 cm³/mol. The molecular weight excluding hydrogens is 254 g/mol. The highest BCUT2D eigenvalue weighted by molar-refractivity contribution is 5.85. The molecule has 0 saturated heterocycles. The molecule has 1 heterocycles. The predicted octanol–water partition coefficient (Wildman–Crippen LogP) is 2.20. The minimum Gasteiger partial charge on any atom is -0.478 e. The monoisotopic (exact) mass is 273 g/mol. The number of hydrogen-bond donors (Lipinski definition) is 1. The van der Waals surface area contributed by atoms with Crippen LogP contribution in [0.2, 0.25) is 0 Å². The molecule has 1 aromatic rings. The van der Waals surface area contributed by atoms with Crippen LogP contribution in [0.3, 0.4) is 0 Å². The van der Waals surface area contributed by atoms with Crippen LogP contribution in [0.25, 0.3) is 6.08 Å². The molecule has 3 rings (SSSR count). The van der Waals surface area contributed by atoms with Gasteiger partial charge in [-0.25, -0.2) is 14.8 Å². The Labute approximate surface area is 118 Å². The largest absolute Gasteiger partial charge is 0.478 e. The Balaban J connectivity index is 1.67. The van der Waals surface area contributed by atoms with Crippen LogP contribution in [0.15, 0.2) is 18.5 Å². The van der Waals surface area contributed by atoms with Gasteiger partial charge in [0, 0.05) is 37.1 Å². The summed E-state index contributed by atoms with van der Waals surface area (Å²) in [6, 6.07) is 0. The molecule has 2 saturated carbocycles. The van der Waals surface area contributed by atoms with Crippen LogP contribution in [-0.4, -0.2) is 34.1 Å². The molecule has 0 atom stereocenters. The van der Waals surface area contributed by atoms with Crippen molar-refractivity contribution in [2.75, 3.05) is 18.0 Å². The summed E-state index contributed by atoms with van der Waals surface area (Å²) >= 11 is 0. The van der Waals surface area contributed by atoms with E-state index in [-0.39, 0.29) is 0 Å². The summed E-state index contributed by atoms with van der Waals surface area (Å²) in [5.74, 6) is 1.43. The summed E-state index contributed by atoms with van der Waals surface area (Å²) < 4.78 is 0. The fourth-order valence-corrected chi connectivity index (χ4v) is 2.21. The maximum Gasteiger partial charge on any atom is 0.328 e. The van der Waals surface area contributed by atoms with E-state index in [2.05, 4.69) is 14.9 Å². The van der Waals surface area contributed by atoms with Gasteiger partial charge in [-0.15, -0.1) is 0 Å². The molecule has 0 spiro atoms. The van der Waals surface area contributed by atoms with Gasteiger partial charge in [-0.2, -0.15) is 0 Å². The van der Waals surface area contributed by atoms with Gasteiger partial charge in [0.05, 0.1) is 0 Å². The number of aromatic nitrogens is 2. The van der Waals surface area contributed by atoms with Gasteiger partial charge < -0.3 is 10.0 Å². The second kappa shape index (κ2) is 5.61. The third kappa shape index (κ3) is 3.79. The first-order valence-corrected chi connectivity index (χ1v) is 7.18. The first kappa shape index (κ1) is 13.1. The van der Waals surface area contributed by atoms with Crippen molar-refractivity contribution in [1.82, 2.24) is 9.97 Å². The molecule has 0 aromatic carbocycles. The molecule has 20 heavy (non-hydrogen) atoms. The number of carboxylic acid groups (broad SMARTS) is 1. The second-order valence-electron chi connectivity index (χ2n) is 5.78. The summed E-state index contributed by atoms with van der Waals surface area (Å²) in [5.41, 5.74) is 0.717. The number of anilines is 1. The average molecular weight is 273 g/mol. The van der Waals surface area contributed by atoms with Gasteiger partial charge in [0.2, 0.25) is 5.95 Å². The Morgan fingerprint density at radius 3 is 2.20 bits per heavy atom. The molecule has 106 valence electrons. The van der Waals surface area contributed by atoms with E-state index in [0.717, 1.165) is 36.9 Å². The lowest BCUT2D eigenvalue weighted by molar-refractivity contribution is -0.131. The smallest absolute Gasteiger partial charge is 0.328 e. The van der Waals surface area contributed by atoms with E-state index < -0.39 is 5.97 Å². The van der Waals surface area contributed by atoms with Crippen LogP contribution in [0.5, 0.6) is 0 Å². The number of carbonyl (C=O) groups is 1. The highest BCUT2D eigenvalue weighted by Gasteiger charge is 2.30. The second-order valence-corrected chi connectivity index (χ2v) is 5.78. The van der Waals surface area contributed by atoms with Gasteiger partial charge in [-0.3, -0.25) is 0 Å². The molecule has 1 N–H and O–H groups in total. The molecule has 0 unspecified atom stereocenters. The van der Waals surface area contributed by atoms with Crippen molar-refractivity contribution in [2.45, 2.75) is 25.7 Å². The van der Waals surface area contributed by atoms with Crippen LogP contribution in [0.1, 0.15) is 31.2 Å². The molecule has 5 nitrogen and oxygen atoms in total. The van der Waals surface area contributed by atoms with Gasteiger partial charge in [0.15, 0.2) is 0 Å². The summed E-state index contributed by atoms with van der Waals surface area (Å²) in [6.45, 7) is 2.11. The van der Waals surface area contributed by atoms with Gasteiger partial charge in [0.1, 0.15) is 0 Å². The van der Waals surface area contributed by atoms with E-state index in [1.807, 2.05) is 0 Å². The minimum atomic E-state index is -0.960. The normalized spacial score (nSPS) is 18.4. The third-order valence-corrected chi connectivity index (χ3v) is 3.71. The molecule has 5 heteroatoms. The van der Waals surface area contributed by atoms with E-state index in [1.165, 1.54) is 31.8 Å². The number of rotatable bonds is 7. The van der Waals surface area contributed by atoms with Crippen molar-refractivity contribution in [3.63, 3.8) is 0 Å². The average Bonchev–Trinajstić information content (AvgIpc) is 3.31. The summed E-state index contributed by atoms with van der Waals surface area (Å²) in [5, 5.41) is 8.59. The Morgan fingerprint density at radius 2 is 1.75 bits per heavy atom. The minimum absolute atomic E-state index is 0.717. The van der Waals surface area contributed by atoms with Crippen LogP contribution >= 0.6 is 0 Å². The zero-order valence-electron chi connectivity index (χ0n) is 11.4. The summed E-state index contributed by atoms with van der Waals surface area (Å²) in [6.07, 6.45) is 11.3. The zero-order chi connectivity index (χ0) is 13.9. The Morgan fingerprint density at radius 1 is 1.20 bits per heavy atom. The van der Waals surface area contributed by atoms with Gasteiger partial charge >= 0.3 is 5.97 Å². The number of nitrogens with zero attached hydrogens (tertiary/aromatic N) is 3. The van der Waals surface area contributed by atoms with Crippen LogP contribution in [0, 0.1) is 11.8 Å². The molecule has 2 aliphatic rings. The van der Waals surface area contributed by atoms with Gasteiger partial charge in [-0.05, 0) is 43.6 Å². The quantitative estimate of drug-likeness (QED) is 0.771. The number of aliphatic carboxylic acids is 1. The van der Waals surface area contributed by atoms with E-state index in [4.69, 9.17) is 5.11 Å². The van der Waals surface area contributed by atoms with Crippen molar-refractivity contribution in [3.8, 4) is 0 Å².